The van der Waals surface area contributed by atoms with Gasteiger partial charge < -0.3 is 25.2 Å². The van der Waals surface area contributed by atoms with Gasteiger partial charge in [0.1, 0.15) is 16.6 Å². The molecule has 2 amide bonds. The molecule has 3 N–H and O–H groups in total. The van der Waals surface area contributed by atoms with Gasteiger partial charge in [-0.25, -0.2) is 0 Å². The number of carbonyl (C=O) groups is 2. The standard InChI is InChI=1S/C21H23ClN4O3S/c1-24(2)10-14(27)11-25-15-6-4-3-5-12(15)7-17(20(25)29)26-16(19(23)28)8-13-9-18(22)30-21(13)26/h3-6,8-9,14,17,27H,7,10-11H2,1-2H3,(H2,23,28). The van der Waals surface area contributed by atoms with Crippen LogP contribution >= 0.6 is 22.9 Å². The molecule has 4 rings (SSSR count). The van der Waals surface area contributed by atoms with Gasteiger partial charge >= 0.3 is 0 Å². The van der Waals surface area contributed by atoms with Crippen LogP contribution in [0.2, 0.25) is 4.34 Å². The number of carbonyl (C=O) groups excluding carboxylic acids is 2. The molecule has 0 aliphatic carbocycles. The lowest BCUT2D eigenvalue weighted by Crippen LogP contribution is -2.48. The molecule has 1 aliphatic heterocycles. The van der Waals surface area contributed by atoms with Gasteiger partial charge in [-0.3, -0.25) is 9.59 Å². The van der Waals surface area contributed by atoms with Crippen LogP contribution in [-0.4, -0.2) is 59.7 Å². The molecule has 1 aromatic carbocycles. The summed E-state index contributed by atoms with van der Waals surface area (Å²) in [6.45, 7) is 0.587. The van der Waals surface area contributed by atoms with Crippen molar-refractivity contribution in [3.05, 3.63) is 52.0 Å². The zero-order chi connectivity index (χ0) is 21.6. The van der Waals surface area contributed by atoms with Gasteiger partial charge in [-0.15, -0.1) is 11.3 Å². The Morgan fingerprint density at radius 2 is 2.10 bits per heavy atom. The molecule has 0 spiro atoms. The number of amides is 2. The Hall–Kier alpha value is -2.39. The normalized spacial score (nSPS) is 17.6. The quantitative estimate of drug-likeness (QED) is 0.608. The molecule has 158 valence electrons. The van der Waals surface area contributed by atoms with Crippen molar-refractivity contribution in [2.75, 3.05) is 32.1 Å². The number of hydrogen-bond acceptors (Lipinski definition) is 5. The van der Waals surface area contributed by atoms with Crippen molar-refractivity contribution in [1.29, 1.82) is 0 Å². The first kappa shape index (κ1) is 20.9. The summed E-state index contributed by atoms with van der Waals surface area (Å²) < 4.78 is 2.28. The minimum Gasteiger partial charge on any atom is -0.390 e. The topological polar surface area (TPSA) is 91.8 Å². The average Bonchev–Trinajstić information content (AvgIpc) is 3.19. The Balaban J connectivity index is 1.81. The van der Waals surface area contributed by atoms with E-state index in [1.54, 1.807) is 21.6 Å². The number of benzene rings is 1. The molecule has 2 atom stereocenters. The maximum atomic E-state index is 13.6. The highest BCUT2D eigenvalue weighted by molar-refractivity contribution is 7.22. The Bertz CT molecular complexity index is 1120. The average molecular weight is 447 g/mol. The number of aromatic nitrogens is 1. The number of rotatable bonds is 6. The second-order valence-corrected chi connectivity index (χ2v) is 9.45. The molecule has 0 saturated heterocycles. The van der Waals surface area contributed by atoms with Gasteiger partial charge in [0.25, 0.3) is 11.8 Å². The van der Waals surface area contributed by atoms with Gasteiger partial charge in [0.05, 0.1) is 17.0 Å². The fourth-order valence-corrected chi connectivity index (χ4v) is 5.37. The molecule has 0 saturated carbocycles. The Morgan fingerprint density at radius 3 is 2.80 bits per heavy atom. The van der Waals surface area contributed by atoms with Crippen LogP contribution in [0.3, 0.4) is 0 Å². The first-order valence-corrected chi connectivity index (χ1v) is 10.8. The van der Waals surface area contributed by atoms with Gasteiger partial charge in [0, 0.05) is 24.0 Å². The van der Waals surface area contributed by atoms with Crippen molar-refractivity contribution in [3.63, 3.8) is 0 Å². The van der Waals surface area contributed by atoms with E-state index < -0.39 is 18.1 Å². The summed E-state index contributed by atoms with van der Waals surface area (Å²) in [6, 6.07) is 10.4. The minimum absolute atomic E-state index is 0.159. The largest absolute Gasteiger partial charge is 0.390 e. The highest BCUT2D eigenvalue weighted by Gasteiger charge is 2.37. The fourth-order valence-electron chi connectivity index (χ4n) is 4.10. The zero-order valence-electron chi connectivity index (χ0n) is 16.7. The monoisotopic (exact) mass is 446 g/mol. The van der Waals surface area contributed by atoms with Crippen molar-refractivity contribution in [3.8, 4) is 0 Å². The van der Waals surface area contributed by atoms with E-state index >= 15 is 0 Å². The summed E-state index contributed by atoms with van der Waals surface area (Å²) in [5.41, 5.74) is 7.66. The van der Waals surface area contributed by atoms with E-state index in [0.717, 1.165) is 21.5 Å². The predicted octanol–water partition coefficient (Wildman–Crippen LogP) is 2.51. The lowest BCUT2D eigenvalue weighted by Gasteiger charge is -2.36. The first-order valence-electron chi connectivity index (χ1n) is 9.58. The number of likely N-dealkylation sites (N-methyl/N-ethyl adjacent to an activating group) is 1. The molecule has 1 aliphatic rings. The fraction of sp³-hybridized carbons (Fsp3) is 0.333. The van der Waals surface area contributed by atoms with Crippen LogP contribution in [-0.2, 0) is 11.2 Å². The van der Waals surface area contributed by atoms with Crippen molar-refractivity contribution in [2.45, 2.75) is 18.6 Å². The number of hydrogen-bond donors (Lipinski definition) is 2. The van der Waals surface area contributed by atoms with Crippen LogP contribution in [0.15, 0.2) is 36.4 Å². The smallest absolute Gasteiger partial charge is 0.265 e. The number of fused-ring (bicyclic) bond motifs is 2. The maximum Gasteiger partial charge on any atom is 0.265 e. The number of nitrogens with two attached hydrogens (primary N) is 1. The number of aliphatic hydroxyl groups is 1. The molecule has 9 heteroatoms. The van der Waals surface area contributed by atoms with Crippen LogP contribution in [0.25, 0.3) is 10.2 Å². The second-order valence-electron chi connectivity index (χ2n) is 7.79. The molecule has 0 bridgehead atoms. The first-order chi connectivity index (χ1) is 14.3. The molecule has 7 nitrogen and oxygen atoms in total. The molecule has 0 fully saturated rings. The molecule has 2 unspecified atom stereocenters. The number of thiophene rings is 1. The zero-order valence-corrected chi connectivity index (χ0v) is 18.3. The van der Waals surface area contributed by atoms with Crippen LogP contribution in [0.5, 0.6) is 0 Å². The van der Waals surface area contributed by atoms with E-state index in [9.17, 15) is 14.7 Å². The van der Waals surface area contributed by atoms with Crippen LogP contribution in [0, 0.1) is 0 Å². The van der Waals surface area contributed by atoms with E-state index in [-0.39, 0.29) is 18.1 Å². The van der Waals surface area contributed by atoms with Crippen molar-refractivity contribution in [1.82, 2.24) is 9.47 Å². The molecular formula is C21H23ClN4O3S. The number of nitrogens with zero attached hydrogens (tertiary/aromatic N) is 3. The SMILES string of the molecule is CN(C)CC(O)CN1C(=O)C(n2c(C(N)=O)cc3cc(Cl)sc32)Cc2ccccc21. The number of para-hydroxylation sites is 1. The molecule has 3 aromatic rings. The molecule has 30 heavy (non-hydrogen) atoms. The van der Waals surface area contributed by atoms with Gasteiger partial charge in [-0.2, -0.15) is 0 Å². The number of aliphatic hydroxyl groups excluding tert-OH is 1. The summed E-state index contributed by atoms with van der Waals surface area (Å²) in [5.74, 6) is -0.781. The number of anilines is 1. The van der Waals surface area contributed by atoms with E-state index in [1.165, 1.54) is 11.3 Å². The lowest BCUT2D eigenvalue weighted by atomic mass is 9.96. The third-order valence-electron chi connectivity index (χ3n) is 5.26. The van der Waals surface area contributed by atoms with Crippen molar-refractivity contribution >= 4 is 50.7 Å². The van der Waals surface area contributed by atoms with Crippen LogP contribution in [0.1, 0.15) is 22.1 Å². The van der Waals surface area contributed by atoms with Crippen LogP contribution in [0.4, 0.5) is 5.69 Å². The summed E-state index contributed by atoms with van der Waals surface area (Å²) in [5, 5.41) is 11.3. The highest BCUT2D eigenvalue weighted by Crippen LogP contribution is 2.39. The second kappa shape index (κ2) is 8.03. The van der Waals surface area contributed by atoms with Crippen molar-refractivity contribution in [2.24, 2.45) is 5.73 Å². The number of halogens is 1. The number of β-amino-alcohol motifs (C(OH)–C–C–N with tert-alkyl or cyclic N) is 1. The molecule has 2 aromatic heterocycles. The van der Waals surface area contributed by atoms with Crippen molar-refractivity contribution < 1.29 is 14.7 Å². The molecular weight excluding hydrogens is 424 g/mol. The third kappa shape index (κ3) is 3.72. The molecule has 3 heterocycles. The molecule has 0 radical (unpaired) electrons. The Morgan fingerprint density at radius 1 is 1.37 bits per heavy atom. The van der Waals surface area contributed by atoms with Gasteiger partial charge in [-0.05, 0) is 37.9 Å². The van der Waals surface area contributed by atoms with E-state index in [4.69, 9.17) is 17.3 Å². The predicted molar refractivity (Wildman–Crippen MR) is 119 cm³/mol. The highest BCUT2D eigenvalue weighted by atomic mass is 35.5. The third-order valence-corrected chi connectivity index (χ3v) is 6.54. The van der Waals surface area contributed by atoms with E-state index in [1.807, 2.05) is 43.3 Å². The summed E-state index contributed by atoms with van der Waals surface area (Å²) in [7, 11) is 3.74. The minimum atomic E-state index is -0.716. The van der Waals surface area contributed by atoms with E-state index in [2.05, 4.69) is 0 Å². The summed E-state index contributed by atoms with van der Waals surface area (Å²) in [4.78, 5) is 30.0. The van der Waals surface area contributed by atoms with Crippen LogP contribution < -0.4 is 10.6 Å². The lowest BCUT2D eigenvalue weighted by molar-refractivity contribution is -0.122. The summed E-state index contributed by atoms with van der Waals surface area (Å²) >= 11 is 7.50. The maximum absolute atomic E-state index is 13.6. The van der Waals surface area contributed by atoms with Gasteiger partial charge in [0.15, 0.2) is 0 Å². The Labute approximate surface area is 183 Å². The Kier molecular flexibility index (Phi) is 5.59. The van der Waals surface area contributed by atoms with Gasteiger partial charge in [-0.1, -0.05) is 29.8 Å². The van der Waals surface area contributed by atoms with Gasteiger partial charge in [0.2, 0.25) is 0 Å². The summed E-state index contributed by atoms with van der Waals surface area (Å²) in [6.07, 6.45) is -0.290. The van der Waals surface area contributed by atoms with E-state index in [0.29, 0.717) is 17.3 Å². The number of primary amides is 1.